The molecule has 2 fully saturated rings. The zero-order valence-electron chi connectivity index (χ0n) is 17.2. The first-order valence-electron chi connectivity index (χ1n) is 10.0. The highest BCUT2D eigenvalue weighted by Crippen LogP contribution is 2.41. The van der Waals surface area contributed by atoms with Gasteiger partial charge in [0.2, 0.25) is 0 Å². The molecule has 2 aliphatic heterocycles. The molecular weight excluding hydrogens is 458 g/mol. The Bertz CT molecular complexity index is 1150. The second-order valence-electron chi connectivity index (χ2n) is 8.23. The number of hydrogen-bond acceptors (Lipinski definition) is 6. The second-order valence-corrected chi connectivity index (χ2v) is 13.0. The van der Waals surface area contributed by atoms with Gasteiger partial charge in [0, 0.05) is 26.2 Å². The summed E-state index contributed by atoms with van der Waals surface area (Å²) in [6.45, 7) is 3.53. The summed E-state index contributed by atoms with van der Waals surface area (Å²) in [5.74, 6) is 0. The summed E-state index contributed by atoms with van der Waals surface area (Å²) in [4.78, 5) is 14.2. The van der Waals surface area contributed by atoms with Crippen LogP contribution in [0.15, 0.2) is 50.9 Å². The number of carbonyl (C=O) groups is 1. The molecule has 8 nitrogen and oxygen atoms in total. The van der Waals surface area contributed by atoms with Gasteiger partial charge in [0.1, 0.15) is 4.21 Å². The van der Waals surface area contributed by atoms with Crippen molar-refractivity contribution in [2.75, 3.05) is 26.2 Å². The number of benzene rings is 1. The van der Waals surface area contributed by atoms with Gasteiger partial charge in [-0.15, -0.1) is 11.3 Å². The van der Waals surface area contributed by atoms with Crippen LogP contribution in [-0.2, 0) is 20.0 Å². The van der Waals surface area contributed by atoms with E-state index in [1.54, 1.807) is 29.6 Å². The Morgan fingerprint density at radius 3 is 2.26 bits per heavy atom. The number of rotatable bonds is 4. The van der Waals surface area contributed by atoms with E-state index in [9.17, 15) is 21.6 Å². The Labute approximate surface area is 187 Å². The van der Waals surface area contributed by atoms with Crippen LogP contribution < -0.4 is 4.72 Å². The molecule has 11 heteroatoms. The lowest BCUT2D eigenvalue weighted by molar-refractivity contribution is 0.156. The molecule has 2 saturated heterocycles. The highest BCUT2D eigenvalue weighted by atomic mass is 32.2. The lowest BCUT2D eigenvalue weighted by Gasteiger charge is -2.38. The fourth-order valence-electron chi connectivity index (χ4n) is 4.21. The Hall–Kier alpha value is -1.95. The molecule has 2 aromatic rings. The Morgan fingerprint density at radius 1 is 1.00 bits per heavy atom. The summed E-state index contributed by atoms with van der Waals surface area (Å²) in [6, 6.07) is 9.01. The number of nitrogens with one attached hydrogen (secondary N) is 1. The molecule has 4 rings (SSSR count). The molecular formula is C20H25N3O5S3. The van der Waals surface area contributed by atoms with E-state index in [1.807, 2.05) is 6.92 Å². The molecule has 1 N–H and O–H groups in total. The van der Waals surface area contributed by atoms with E-state index in [2.05, 4.69) is 4.72 Å². The third-order valence-electron chi connectivity index (χ3n) is 6.15. The van der Waals surface area contributed by atoms with Crippen LogP contribution in [0.5, 0.6) is 0 Å². The molecule has 31 heavy (non-hydrogen) atoms. The highest BCUT2D eigenvalue weighted by Gasteiger charge is 2.44. The first-order chi connectivity index (χ1) is 14.6. The van der Waals surface area contributed by atoms with Gasteiger partial charge in [-0.05, 0) is 55.2 Å². The quantitative estimate of drug-likeness (QED) is 0.720. The molecule has 0 aliphatic carbocycles. The van der Waals surface area contributed by atoms with Crippen LogP contribution in [0.1, 0.15) is 24.8 Å². The van der Waals surface area contributed by atoms with Crippen LogP contribution in [0.2, 0.25) is 0 Å². The molecule has 0 radical (unpaired) electrons. The molecule has 0 unspecified atom stereocenters. The van der Waals surface area contributed by atoms with Gasteiger partial charge in [-0.1, -0.05) is 23.8 Å². The van der Waals surface area contributed by atoms with Crippen LogP contribution >= 0.6 is 11.3 Å². The average Bonchev–Trinajstić information content (AvgIpc) is 3.40. The minimum Gasteiger partial charge on any atom is -0.323 e. The zero-order valence-corrected chi connectivity index (χ0v) is 19.6. The van der Waals surface area contributed by atoms with Gasteiger partial charge in [-0.25, -0.2) is 26.4 Å². The maximum absolute atomic E-state index is 12.7. The van der Waals surface area contributed by atoms with Gasteiger partial charge >= 0.3 is 6.03 Å². The molecule has 0 bridgehead atoms. The summed E-state index contributed by atoms with van der Waals surface area (Å²) in [6.07, 6.45) is 2.02. The van der Waals surface area contributed by atoms with Gasteiger partial charge in [-0.3, -0.25) is 0 Å². The maximum atomic E-state index is 12.7. The summed E-state index contributed by atoms with van der Waals surface area (Å²) in [5, 5.41) is 1.75. The molecule has 1 spiro atoms. The van der Waals surface area contributed by atoms with E-state index in [0.29, 0.717) is 43.2 Å². The van der Waals surface area contributed by atoms with E-state index < -0.39 is 26.1 Å². The first kappa shape index (κ1) is 22.3. The molecule has 2 aliphatic rings. The summed E-state index contributed by atoms with van der Waals surface area (Å²) < 4.78 is 54.5. The molecule has 2 amide bonds. The summed E-state index contributed by atoms with van der Waals surface area (Å²) >= 11 is 1.21. The van der Waals surface area contributed by atoms with Crippen molar-refractivity contribution in [3.05, 3.63) is 47.3 Å². The fourth-order valence-corrected chi connectivity index (χ4v) is 7.77. The summed E-state index contributed by atoms with van der Waals surface area (Å²) in [7, 11) is -7.41. The number of urea groups is 1. The lowest BCUT2D eigenvalue weighted by Crippen LogP contribution is -2.46. The predicted octanol–water partition coefficient (Wildman–Crippen LogP) is 2.63. The highest BCUT2D eigenvalue weighted by molar-refractivity contribution is 7.91. The normalized spacial score (nSPS) is 19.6. The van der Waals surface area contributed by atoms with Crippen molar-refractivity contribution in [1.29, 1.82) is 0 Å². The zero-order chi connectivity index (χ0) is 22.3. The third-order valence-corrected chi connectivity index (χ3v) is 10.8. The predicted molar refractivity (Wildman–Crippen MR) is 118 cm³/mol. The Kier molecular flexibility index (Phi) is 5.88. The molecule has 1 aromatic carbocycles. The smallest absolute Gasteiger partial charge is 0.323 e. The van der Waals surface area contributed by atoms with Crippen molar-refractivity contribution in [3.8, 4) is 0 Å². The minimum atomic E-state index is -3.94. The van der Waals surface area contributed by atoms with Crippen molar-refractivity contribution >= 4 is 37.4 Å². The first-order valence-corrected chi connectivity index (χ1v) is 13.8. The van der Waals surface area contributed by atoms with E-state index >= 15 is 0 Å². The minimum absolute atomic E-state index is 0.0486. The van der Waals surface area contributed by atoms with Crippen LogP contribution in [0.4, 0.5) is 4.79 Å². The number of likely N-dealkylation sites (tertiary alicyclic amines) is 1. The van der Waals surface area contributed by atoms with Gasteiger partial charge < -0.3 is 4.90 Å². The van der Waals surface area contributed by atoms with Gasteiger partial charge in [-0.2, -0.15) is 4.31 Å². The maximum Gasteiger partial charge on any atom is 0.331 e. The van der Waals surface area contributed by atoms with Crippen LogP contribution in [0.25, 0.3) is 0 Å². The molecule has 3 heterocycles. The van der Waals surface area contributed by atoms with Crippen molar-refractivity contribution in [2.24, 2.45) is 5.41 Å². The number of nitrogens with zero attached hydrogens (tertiary/aromatic N) is 2. The third kappa shape index (κ3) is 4.50. The largest absolute Gasteiger partial charge is 0.331 e. The van der Waals surface area contributed by atoms with Gasteiger partial charge in [0.25, 0.3) is 20.0 Å². The molecule has 1 aromatic heterocycles. The summed E-state index contributed by atoms with van der Waals surface area (Å²) in [5.41, 5.74) is 0.756. The van der Waals surface area contributed by atoms with Gasteiger partial charge in [0.15, 0.2) is 0 Å². The number of amides is 2. The van der Waals surface area contributed by atoms with Crippen molar-refractivity contribution in [2.45, 2.75) is 35.3 Å². The molecule has 168 valence electrons. The van der Waals surface area contributed by atoms with E-state index in [-0.39, 0.29) is 10.3 Å². The van der Waals surface area contributed by atoms with E-state index in [1.165, 1.54) is 32.7 Å². The lowest BCUT2D eigenvalue weighted by atomic mass is 9.78. The van der Waals surface area contributed by atoms with Crippen molar-refractivity contribution in [1.82, 2.24) is 13.9 Å². The number of thiophene rings is 1. The molecule has 0 atom stereocenters. The number of hydrogen-bond donors (Lipinski definition) is 1. The second kappa shape index (κ2) is 8.19. The van der Waals surface area contributed by atoms with Gasteiger partial charge in [0.05, 0.1) is 4.90 Å². The monoisotopic (exact) mass is 483 g/mol. The number of piperidine rings is 1. The van der Waals surface area contributed by atoms with E-state index in [0.717, 1.165) is 12.0 Å². The van der Waals surface area contributed by atoms with Crippen LogP contribution in [-0.4, -0.2) is 58.3 Å². The Balaban J connectivity index is 1.37. The molecule has 0 saturated carbocycles. The van der Waals surface area contributed by atoms with Crippen molar-refractivity contribution < 1.29 is 21.6 Å². The van der Waals surface area contributed by atoms with Crippen molar-refractivity contribution in [3.63, 3.8) is 0 Å². The SMILES string of the molecule is Cc1ccc(S(=O)(=O)NC(=O)N2CCC3(CCN(S(=O)(=O)c4cccs4)CC3)C2)cc1. The van der Waals surface area contributed by atoms with Crippen LogP contribution in [0.3, 0.4) is 0 Å². The number of sulfonamides is 2. The number of aryl methyl sites for hydroxylation is 1. The topological polar surface area (TPSA) is 104 Å². The fraction of sp³-hybridized carbons (Fsp3) is 0.450. The Morgan fingerprint density at radius 2 is 1.65 bits per heavy atom. The van der Waals surface area contributed by atoms with E-state index in [4.69, 9.17) is 0 Å². The number of carbonyl (C=O) groups excluding carboxylic acids is 1. The van der Waals surface area contributed by atoms with Crippen LogP contribution in [0, 0.1) is 12.3 Å². The standard InChI is InChI=1S/C20H25N3O5S3/c1-16-4-6-17(7-5-16)30(25,26)21-19(24)22-11-8-20(15-22)9-12-23(13-10-20)31(27,28)18-3-2-14-29-18/h2-7,14H,8-13,15H2,1H3,(H,21,24). The average molecular weight is 484 g/mol.